The summed E-state index contributed by atoms with van der Waals surface area (Å²) in [5, 5.41) is 13.2. The van der Waals surface area contributed by atoms with Crippen LogP contribution >= 0.6 is 0 Å². The summed E-state index contributed by atoms with van der Waals surface area (Å²) in [6, 6.07) is 5.95. The van der Waals surface area contributed by atoms with Gasteiger partial charge in [-0.05, 0) is 69.1 Å². The number of carbonyl (C=O) groups excluding carboxylic acids is 3. The molecule has 2 N–H and O–H groups in total. The van der Waals surface area contributed by atoms with E-state index in [-0.39, 0.29) is 79.1 Å². The molecule has 1 aliphatic carbocycles. The number of hydrogen-bond acceptors (Lipinski definition) is 11. The maximum atomic E-state index is 14.3. The van der Waals surface area contributed by atoms with E-state index < -0.39 is 48.8 Å². The van der Waals surface area contributed by atoms with Crippen molar-refractivity contribution in [2.75, 3.05) is 56.2 Å². The summed E-state index contributed by atoms with van der Waals surface area (Å²) in [4.78, 5) is 59.3. The van der Waals surface area contributed by atoms with Crippen molar-refractivity contribution in [1.82, 2.24) is 43.7 Å². The Balaban J connectivity index is 0.752. The molecule has 0 radical (unpaired) electrons. The Morgan fingerprint density at radius 2 is 1.83 bits per heavy atom. The Labute approximate surface area is 374 Å². The number of aryl methyl sites for hydroxylation is 1. The van der Waals surface area contributed by atoms with Crippen molar-refractivity contribution < 1.29 is 45.8 Å². The first-order valence-electron chi connectivity index (χ1n) is 22.0. The molecule has 5 aromatic rings. The Bertz CT molecular complexity index is 2750. The highest BCUT2D eigenvalue weighted by molar-refractivity contribution is 6.08. The molecule has 4 aromatic heterocycles. The number of fused-ring (bicyclic) bond motifs is 2. The van der Waals surface area contributed by atoms with E-state index in [0.717, 1.165) is 58.2 Å². The zero-order valence-electron chi connectivity index (χ0n) is 36.0. The molecular weight excluding hydrogens is 874 g/mol. The van der Waals surface area contributed by atoms with E-state index in [1.165, 1.54) is 47.9 Å². The average molecular weight is 922 g/mol. The monoisotopic (exact) mass is 921 g/mol. The normalized spacial score (nSPS) is 22.5. The van der Waals surface area contributed by atoms with Crippen LogP contribution in [-0.4, -0.2) is 120 Å². The van der Waals surface area contributed by atoms with Gasteiger partial charge in [0.1, 0.15) is 24.0 Å². The van der Waals surface area contributed by atoms with E-state index in [1.807, 2.05) is 6.07 Å². The number of hydrogen-bond donors (Lipinski definition) is 2. The third-order valence-corrected chi connectivity index (χ3v) is 13.1. The van der Waals surface area contributed by atoms with Gasteiger partial charge in [0.2, 0.25) is 11.8 Å². The van der Waals surface area contributed by atoms with Crippen LogP contribution in [0.15, 0.2) is 47.7 Å². The van der Waals surface area contributed by atoms with Crippen molar-refractivity contribution in [3.05, 3.63) is 70.2 Å². The predicted molar refractivity (Wildman–Crippen MR) is 228 cm³/mol. The molecule has 2 unspecified atom stereocenters. The van der Waals surface area contributed by atoms with Gasteiger partial charge in [-0.15, -0.1) is 0 Å². The van der Waals surface area contributed by atoms with Crippen molar-refractivity contribution >= 4 is 45.9 Å². The van der Waals surface area contributed by atoms with E-state index in [2.05, 4.69) is 42.6 Å². The number of benzene rings is 1. The minimum absolute atomic E-state index is 0.0447. The summed E-state index contributed by atoms with van der Waals surface area (Å²) in [5.74, 6) is 5.24. The van der Waals surface area contributed by atoms with Gasteiger partial charge in [0, 0.05) is 52.0 Å². The van der Waals surface area contributed by atoms with E-state index in [1.54, 1.807) is 19.2 Å². The van der Waals surface area contributed by atoms with Gasteiger partial charge >= 0.3 is 11.9 Å². The number of para-hydroxylation sites is 1. The van der Waals surface area contributed by atoms with Crippen LogP contribution < -0.4 is 21.2 Å². The van der Waals surface area contributed by atoms with Crippen LogP contribution in [-0.2, 0) is 26.1 Å². The first-order valence-corrected chi connectivity index (χ1v) is 22.0. The second kappa shape index (κ2) is 18.6. The molecule has 66 heavy (non-hydrogen) atoms. The quantitative estimate of drug-likeness (QED) is 0.112. The maximum Gasteiger partial charge on any atom is 0.416 e. The van der Waals surface area contributed by atoms with Crippen LogP contribution in [0.3, 0.4) is 0 Å². The molecule has 0 spiro atoms. The number of imidazole rings is 1. The second-order valence-corrected chi connectivity index (χ2v) is 17.3. The molecule has 17 nitrogen and oxygen atoms in total. The number of aromatic nitrogens is 7. The molecule has 4 fully saturated rings. The lowest BCUT2D eigenvalue weighted by atomic mass is 9.85. The van der Waals surface area contributed by atoms with Crippen LogP contribution in [0.5, 0.6) is 0 Å². The van der Waals surface area contributed by atoms with Crippen LogP contribution in [0.1, 0.15) is 91.5 Å². The topological polar surface area (TPSA) is 175 Å². The zero-order valence-corrected chi connectivity index (χ0v) is 36.0. The molecule has 3 amide bonds. The number of morpholine rings is 1. The Kier molecular flexibility index (Phi) is 12.7. The van der Waals surface area contributed by atoms with E-state index in [4.69, 9.17) is 9.47 Å². The van der Waals surface area contributed by atoms with Crippen LogP contribution in [0, 0.1) is 17.8 Å². The number of carbonyl (C=O) groups is 3. The highest BCUT2D eigenvalue weighted by Gasteiger charge is 2.44. The summed E-state index contributed by atoms with van der Waals surface area (Å²) in [7, 11) is 1.64. The summed E-state index contributed by atoms with van der Waals surface area (Å²) in [6.45, 7) is 2.36. The zero-order chi connectivity index (χ0) is 46.3. The van der Waals surface area contributed by atoms with Gasteiger partial charge in [-0.2, -0.15) is 23.4 Å². The Morgan fingerprint density at radius 3 is 2.58 bits per heavy atom. The van der Waals surface area contributed by atoms with Crippen molar-refractivity contribution in [3.8, 4) is 11.8 Å². The highest BCUT2D eigenvalue weighted by atomic mass is 19.4. The van der Waals surface area contributed by atoms with E-state index in [9.17, 15) is 41.1 Å². The molecular formula is C44H48F5N11O6. The lowest BCUT2D eigenvalue weighted by molar-refractivity contribution is -0.221. The van der Waals surface area contributed by atoms with Crippen molar-refractivity contribution in [3.63, 3.8) is 0 Å². The van der Waals surface area contributed by atoms with Crippen molar-refractivity contribution in [1.29, 1.82) is 0 Å². The first kappa shape index (κ1) is 45.0. The van der Waals surface area contributed by atoms with Gasteiger partial charge in [-0.3, -0.25) is 33.5 Å². The number of likely N-dealkylation sites (tertiary alicyclic amines) is 1. The molecule has 1 saturated carbocycles. The molecule has 3 saturated heterocycles. The van der Waals surface area contributed by atoms with Gasteiger partial charge in [-0.25, -0.2) is 23.1 Å². The summed E-state index contributed by atoms with van der Waals surface area (Å²) >= 11 is 0. The fraction of sp³-hybridized carbons (Fsp3) is 0.523. The fourth-order valence-electron chi connectivity index (χ4n) is 9.57. The second-order valence-electron chi connectivity index (χ2n) is 17.3. The largest absolute Gasteiger partial charge is 0.416 e. The minimum Gasteiger partial charge on any atom is -0.365 e. The first-order chi connectivity index (χ1) is 31.7. The SMILES string of the molecule is Cn1c(=O)n(C2CCC(=O)NC2=O)c2cccc(C#CCOC3CCN(C[C@H]4CC[C@H](n5cc(NC(=O)c6cnn7ccc(N8CCOC(C(F)(F)F)C8)nc67)c(C(F)F)n5)CC4)CC3)c21. The van der Waals surface area contributed by atoms with E-state index >= 15 is 0 Å². The van der Waals surface area contributed by atoms with Gasteiger partial charge in [0.05, 0.1) is 53.8 Å². The van der Waals surface area contributed by atoms with Gasteiger partial charge in [-0.1, -0.05) is 17.9 Å². The number of imide groups is 1. The van der Waals surface area contributed by atoms with Gasteiger partial charge in [0.15, 0.2) is 17.4 Å². The minimum atomic E-state index is -4.56. The third kappa shape index (κ3) is 9.28. The summed E-state index contributed by atoms with van der Waals surface area (Å²) in [6.07, 6.45) is -0.0617. The fourth-order valence-corrected chi connectivity index (χ4v) is 9.57. The standard InChI is InChI=1S/C44H48F5N11O6/c1-55-38-27(4-2-6-32(38)60(43(55)64)33-11-12-36(61)53-42(33)63)5-3-20-65-29-13-16-56(17-14-29)23-26-7-9-28(10-8-26)59-24-31(37(54-59)39(45)46)51-41(62)30-22-50-58-18-15-35(52-40(30)58)57-19-21-66-34(25-57)44(47,48)49/h2,4,6,15,18,22,24,26,28-29,33-34,39H,7-14,16-17,19-21,23,25H2,1H3,(H,51,62)(H,53,61,63)/t26-,28-,33?,34?. The van der Waals surface area contributed by atoms with Gasteiger partial charge in [0.25, 0.3) is 12.3 Å². The molecule has 0 bridgehead atoms. The molecule has 1 aromatic carbocycles. The van der Waals surface area contributed by atoms with Crippen molar-refractivity contribution in [2.45, 2.75) is 88.3 Å². The third-order valence-electron chi connectivity index (χ3n) is 13.1. The number of anilines is 2. The molecule has 7 heterocycles. The smallest absolute Gasteiger partial charge is 0.365 e. The Hall–Kier alpha value is -6.18. The molecule has 9 rings (SSSR count). The molecule has 350 valence electrons. The summed E-state index contributed by atoms with van der Waals surface area (Å²) in [5.41, 5.74) is 0.757. The van der Waals surface area contributed by atoms with Crippen LogP contribution in [0.25, 0.3) is 16.7 Å². The van der Waals surface area contributed by atoms with Crippen LogP contribution in [0.4, 0.5) is 33.5 Å². The lowest BCUT2D eigenvalue weighted by Crippen LogP contribution is -2.49. The maximum absolute atomic E-state index is 14.3. The number of nitrogens with zero attached hydrogens (tertiary/aromatic N) is 9. The number of halogens is 5. The Morgan fingerprint density at radius 1 is 1.05 bits per heavy atom. The number of piperidine rings is 2. The average Bonchev–Trinajstić information content (AvgIpc) is 4.00. The number of nitrogens with one attached hydrogen (secondary N) is 2. The predicted octanol–water partition coefficient (Wildman–Crippen LogP) is 4.78. The molecule has 2 atom stereocenters. The number of rotatable bonds is 10. The van der Waals surface area contributed by atoms with Gasteiger partial charge < -0.3 is 24.6 Å². The molecule has 4 aliphatic rings. The molecule has 22 heteroatoms. The number of alkyl halides is 5. The van der Waals surface area contributed by atoms with Crippen molar-refractivity contribution in [2.24, 2.45) is 13.0 Å². The summed E-state index contributed by atoms with van der Waals surface area (Å²) < 4.78 is 85.4. The van der Waals surface area contributed by atoms with E-state index in [0.29, 0.717) is 22.5 Å². The van der Waals surface area contributed by atoms with Crippen LogP contribution in [0.2, 0.25) is 0 Å². The number of amides is 3. The lowest BCUT2D eigenvalue weighted by Gasteiger charge is -2.36. The highest BCUT2D eigenvalue weighted by Crippen LogP contribution is 2.36. The molecule has 3 aliphatic heterocycles. The number of ether oxygens (including phenoxy) is 2.